The van der Waals surface area contributed by atoms with E-state index in [2.05, 4.69) is 12.2 Å². The fourth-order valence-electron chi connectivity index (χ4n) is 2.89. The third-order valence-corrected chi connectivity index (χ3v) is 4.62. The summed E-state index contributed by atoms with van der Waals surface area (Å²) in [7, 11) is 0. The standard InChI is InChI=1S/C22H45NO7/c1-2-3-4-9-24-10-11-25-12-13-26-14-15-27-16-17-28-18-19-29-20-21-30-22-5-7-23-8-6-22/h22-23H,2-21H2,1H3. The first-order valence-corrected chi connectivity index (χ1v) is 11.7. The Morgan fingerprint density at radius 1 is 0.533 bits per heavy atom. The van der Waals surface area contributed by atoms with Crippen LogP contribution in [-0.4, -0.2) is 105 Å². The second-order valence-electron chi connectivity index (χ2n) is 7.20. The van der Waals surface area contributed by atoms with Crippen LogP contribution in [0, 0.1) is 0 Å². The molecular formula is C22H45NO7. The Balaban J connectivity index is 1.63. The van der Waals surface area contributed by atoms with E-state index in [0.29, 0.717) is 85.4 Å². The first-order chi connectivity index (χ1) is 14.9. The van der Waals surface area contributed by atoms with Crippen LogP contribution in [0.2, 0.25) is 0 Å². The topological polar surface area (TPSA) is 76.6 Å². The minimum Gasteiger partial charge on any atom is -0.379 e. The number of piperidine rings is 1. The van der Waals surface area contributed by atoms with Crippen molar-refractivity contribution in [2.45, 2.75) is 45.1 Å². The van der Waals surface area contributed by atoms with Gasteiger partial charge in [0.25, 0.3) is 0 Å². The SMILES string of the molecule is CCCCCOCCOCCOCCOCCOCCOCCOC1CCNCC1. The molecule has 1 rings (SSSR count). The van der Waals surface area contributed by atoms with Crippen molar-refractivity contribution in [1.82, 2.24) is 5.32 Å². The Hall–Kier alpha value is -0.320. The van der Waals surface area contributed by atoms with Crippen LogP contribution in [0.25, 0.3) is 0 Å². The normalized spacial score (nSPS) is 15.1. The predicted octanol–water partition coefficient (Wildman–Crippen LogP) is 2.04. The Morgan fingerprint density at radius 3 is 1.37 bits per heavy atom. The minimum absolute atomic E-state index is 0.388. The highest BCUT2D eigenvalue weighted by Crippen LogP contribution is 2.06. The zero-order valence-electron chi connectivity index (χ0n) is 19.1. The van der Waals surface area contributed by atoms with Crippen LogP contribution in [0.5, 0.6) is 0 Å². The molecule has 180 valence electrons. The third kappa shape index (κ3) is 19.6. The molecule has 0 spiro atoms. The van der Waals surface area contributed by atoms with Gasteiger partial charge in [-0.05, 0) is 32.4 Å². The van der Waals surface area contributed by atoms with Gasteiger partial charge in [0.2, 0.25) is 0 Å². The molecule has 0 bridgehead atoms. The van der Waals surface area contributed by atoms with Crippen LogP contribution in [0.3, 0.4) is 0 Å². The fourth-order valence-corrected chi connectivity index (χ4v) is 2.89. The summed E-state index contributed by atoms with van der Waals surface area (Å²) in [6, 6.07) is 0. The quantitative estimate of drug-likeness (QED) is 0.244. The summed E-state index contributed by atoms with van der Waals surface area (Å²) in [4.78, 5) is 0. The summed E-state index contributed by atoms with van der Waals surface area (Å²) >= 11 is 0. The predicted molar refractivity (Wildman–Crippen MR) is 116 cm³/mol. The monoisotopic (exact) mass is 435 g/mol. The van der Waals surface area contributed by atoms with E-state index < -0.39 is 0 Å². The van der Waals surface area contributed by atoms with E-state index in [1.807, 2.05) is 0 Å². The second-order valence-corrected chi connectivity index (χ2v) is 7.20. The highest BCUT2D eigenvalue weighted by Gasteiger charge is 2.12. The largest absolute Gasteiger partial charge is 0.379 e. The molecule has 0 unspecified atom stereocenters. The van der Waals surface area contributed by atoms with Gasteiger partial charge in [-0.25, -0.2) is 0 Å². The van der Waals surface area contributed by atoms with Gasteiger partial charge in [0, 0.05) is 6.61 Å². The molecule has 1 aliphatic heterocycles. The van der Waals surface area contributed by atoms with Gasteiger partial charge in [-0.3, -0.25) is 0 Å². The van der Waals surface area contributed by atoms with E-state index in [1.165, 1.54) is 12.8 Å². The first-order valence-electron chi connectivity index (χ1n) is 11.7. The number of hydrogen-bond acceptors (Lipinski definition) is 8. The smallest absolute Gasteiger partial charge is 0.0704 e. The van der Waals surface area contributed by atoms with Crippen molar-refractivity contribution in [3.63, 3.8) is 0 Å². The summed E-state index contributed by atoms with van der Waals surface area (Å²) in [5, 5.41) is 3.33. The lowest BCUT2D eigenvalue weighted by molar-refractivity contribution is -0.0306. The highest BCUT2D eigenvalue weighted by atomic mass is 16.6. The average molecular weight is 436 g/mol. The van der Waals surface area contributed by atoms with E-state index in [4.69, 9.17) is 33.2 Å². The zero-order chi connectivity index (χ0) is 21.4. The van der Waals surface area contributed by atoms with Gasteiger partial charge in [0.1, 0.15) is 0 Å². The molecule has 1 saturated heterocycles. The third-order valence-electron chi connectivity index (χ3n) is 4.62. The van der Waals surface area contributed by atoms with Gasteiger partial charge in [0.15, 0.2) is 0 Å². The van der Waals surface area contributed by atoms with Crippen molar-refractivity contribution >= 4 is 0 Å². The molecule has 0 aromatic rings. The molecule has 0 atom stereocenters. The lowest BCUT2D eigenvalue weighted by atomic mass is 10.1. The van der Waals surface area contributed by atoms with Crippen LogP contribution < -0.4 is 5.32 Å². The molecular weight excluding hydrogens is 390 g/mol. The molecule has 0 radical (unpaired) electrons. The molecule has 0 aromatic heterocycles. The summed E-state index contributed by atoms with van der Waals surface area (Å²) in [6.45, 7) is 12.3. The van der Waals surface area contributed by atoms with Crippen LogP contribution in [0.1, 0.15) is 39.0 Å². The molecule has 1 fully saturated rings. The summed E-state index contributed by atoms with van der Waals surface area (Å²) in [6.07, 6.45) is 6.16. The summed E-state index contributed by atoms with van der Waals surface area (Å²) in [5.74, 6) is 0. The molecule has 1 aliphatic rings. The maximum atomic E-state index is 5.77. The molecule has 8 heteroatoms. The van der Waals surface area contributed by atoms with Gasteiger partial charge in [-0.15, -0.1) is 0 Å². The minimum atomic E-state index is 0.388. The summed E-state index contributed by atoms with van der Waals surface area (Å²) in [5.41, 5.74) is 0. The Kier molecular flexibility index (Phi) is 21.6. The molecule has 0 aliphatic carbocycles. The zero-order valence-corrected chi connectivity index (χ0v) is 19.1. The molecule has 1 N–H and O–H groups in total. The van der Waals surface area contributed by atoms with Gasteiger partial charge >= 0.3 is 0 Å². The lowest BCUT2D eigenvalue weighted by Crippen LogP contribution is -2.33. The first kappa shape index (κ1) is 27.7. The molecule has 0 saturated carbocycles. The van der Waals surface area contributed by atoms with Crippen molar-refractivity contribution < 1.29 is 33.2 Å². The number of hydrogen-bond donors (Lipinski definition) is 1. The van der Waals surface area contributed by atoms with Gasteiger partial charge in [-0.1, -0.05) is 19.8 Å². The lowest BCUT2D eigenvalue weighted by Gasteiger charge is -2.22. The van der Waals surface area contributed by atoms with Crippen molar-refractivity contribution in [2.24, 2.45) is 0 Å². The fraction of sp³-hybridized carbons (Fsp3) is 1.00. The van der Waals surface area contributed by atoms with E-state index in [9.17, 15) is 0 Å². The second kappa shape index (κ2) is 23.3. The average Bonchev–Trinajstić information content (AvgIpc) is 2.78. The Labute approximate surface area is 183 Å². The Bertz CT molecular complexity index is 331. The van der Waals surface area contributed by atoms with Crippen molar-refractivity contribution in [1.29, 1.82) is 0 Å². The van der Waals surface area contributed by atoms with E-state index in [-0.39, 0.29) is 0 Å². The Morgan fingerprint density at radius 2 is 0.933 bits per heavy atom. The van der Waals surface area contributed by atoms with E-state index in [1.54, 1.807) is 0 Å². The maximum absolute atomic E-state index is 5.77. The molecule has 30 heavy (non-hydrogen) atoms. The summed E-state index contributed by atoms with van der Waals surface area (Å²) < 4.78 is 38.6. The van der Waals surface area contributed by atoms with Crippen LogP contribution in [-0.2, 0) is 33.2 Å². The van der Waals surface area contributed by atoms with Gasteiger partial charge in [0.05, 0.1) is 85.4 Å². The molecule has 0 aromatic carbocycles. The number of unbranched alkanes of at least 4 members (excludes halogenated alkanes) is 2. The van der Waals surface area contributed by atoms with Gasteiger partial charge in [-0.2, -0.15) is 0 Å². The van der Waals surface area contributed by atoms with Crippen molar-refractivity contribution in [3.05, 3.63) is 0 Å². The van der Waals surface area contributed by atoms with Crippen LogP contribution >= 0.6 is 0 Å². The highest BCUT2D eigenvalue weighted by molar-refractivity contribution is 4.67. The van der Waals surface area contributed by atoms with E-state index >= 15 is 0 Å². The van der Waals surface area contributed by atoms with Crippen LogP contribution in [0.15, 0.2) is 0 Å². The van der Waals surface area contributed by atoms with Crippen LogP contribution in [0.4, 0.5) is 0 Å². The molecule has 1 heterocycles. The number of nitrogens with one attached hydrogen (secondary N) is 1. The van der Waals surface area contributed by atoms with Crippen molar-refractivity contribution in [3.8, 4) is 0 Å². The van der Waals surface area contributed by atoms with Gasteiger partial charge < -0.3 is 38.5 Å². The van der Waals surface area contributed by atoms with E-state index in [0.717, 1.165) is 39.0 Å². The maximum Gasteiger partial charge on any atom is 0.0704 e. The molecule has 8 nitrogen and oxygen atoms in total. The number of rotatable bonds is 23. The number of ether oxygens (including phenoxy) is 7. The van der Waals surface area contributed by atoms with Crippen molar-refractivity contribution in [2.75, 3.05) is 99.0 Å². The molecule has 0 amide bonds.